The molecule has 0 bridgehead atoms. The van der Waals surface area contributed by atoms with E-state index in [1.54, 1.807) is 6.92 Å². The number of rotatable bonds is 9. The lowest BCUT2D eigenvalue weighted by Gasteiger charge is -2.18. The van der Waals surface area contributed by atoms with Crippen LogP contribution in [0.25, 0.3) is 11.1 Å². The quantitative estimate of drug-likeness (QED) is 0.432. The molecule has 0 aliphatic heterocycles. The number of hydrogen-bond donors (Lipinski definition) is 3. The van der Waals surface area contributed by atoms with Gasteiger partial charge in [0, 0.05) is 11.1 Å². The van der Waals surface area contributed by atoms with Crippen molar-refractivity contribution in [2.24, 2.45) is 5.73 Å². The Morgan fingerprint density at radius 3 is 2.55 bits per heavy atom. The molecule has 0 saturated carbocycles. The fourth-order valence-electron chi connectivity index (χ4n) is 2.82. The molecular weight excluding hydrogens is 390 g/mol. The van der Waals surface area contributed by atoms with Gasteiger partial charge in [-0.05, 0) is 54.4 Å². The summed E-state index contributed by atoms with van der Waals surface area (Å²) in [6.45, 7) is 1.99. The molecule has 2 aromatic carbocycles. The van der Waals surface area contributed by atoms with Crippen molar-refractivity contribution in [3.05, 3.63) is 71.4 Å². The number of nitrogens with one attached hydrogen (secondary N) is 2. The van der Waals surface area contributed by atoms with E-state index in [2.05, 4.69) is 5.32 Å². The Hall–Kier alpha value is -3.12. The summed E-state index contributed by atoms with van der Waals surface area (Å²) in [6, 6.07) is 14.9. The lowest BCUT2D eigenvalue weighted by atomic mass is 9.99. The third-order valence-electron chi connectivity index (χ3n) is 4.16. The second kappa shape index (κ2) is 11.0. The monoisotopic (exact) mass is 413 g/mol. The predicted octanol–water partition coefficient (Wildman–Crippen LogP) is 3.48. The van der Waals surface area contributed by atoms with Crippen LogP contribution in [0.2, 0.25) is 5.02 Å². The highest BCUT2D eigenvalue weighted by molar-refractivity contribution is 6.42. The minimum atomic E-state index is -0.600. The van der Waals surface area contributed by atoms with Crippen molar-refractivity contribution in [3.63, 3.8) is 0 Å². The Kier molecular flexibility index (Phi) is 8.43. The number of halogens is 1. The largest absolute Gasteiger partial charge is 0.466 e. The summed E-state index contributed by atoms with van der Waals surface area (Å²) in [5.74, 6) is -1.01. The van der Waals surface area contributed by atoms with Gasteiger partial charge in [0.1, 0.15) is 5.71 Å². The molecule has 29 heavy (non-hydrogen) atoms. The number of carbonyl (C=O) groups is 2. The molecule has 4 N–H and O–H groups in total. The molecule has 7 heteroatoms. The number of carbonyl (C=O) groups excluding carboxylic acids is 2. The van der Waals surface area contributed by atoms with Crippen LogP contribution in [-0.4, -0.2) is 30.2 Å². The average Bonchev–Trinajstić information content (AvgIpc) is 2.68. The van der Waals surface area contributed by atoms with Crippen LogP contribution >= 0.6 is 11.6 Å². The summed E-state index contributed by atoms with van der Waals surface area (Å²) in [7, 11) is 0. The minimum Gasteiger partial charge on any atom is -0.466 e. The van der Waals surface area contributed by atoms with Crippen molar-refractivity contribution in [3.8, 4) is 11.1 Å². The fraction of sp³-hybridized carbons (Fsp3) is 0.227. The van der Waals surface area contributed by atoms with Gasteiger partial charge in [-0.2, -0.15) is 0 Å². The van der Waals surface area contributed by atoms with E-state index in [-0.39, 0.29) is 18.7 Å². The first kappa shape index (κ1) is 22.2. The summed E-state index contributed by atoms with van der Waals surface area (Å²) in [4.78, 5) is 24.1. The zero-order chi connectivity index (χ0) is 21.2. The molecule has 0 radical (unpaired) electrons. The van der Waals surface area contributed by atoms with Gasteiger partial charge in [-0.25, -0.2) is 0 Å². The number of amides is 1. The molecule has 0 unspecified atom stereocenters. The predicted molar refractivity (Wildman–Crippen MR) is 115 cm³/mol. The van der Waals surface area contributed by atoms with E-state index in [0.717, 1.165) is 22.9 Å². The van der Waals surface area contributed by atoms with Gasteiger partial charge in [0.2, 0.25) is 0 Å². The molecule has 0 saturated heterocycles. The second-order valence-corrected chi connectivity index (χ2v) is 6.80. The van der Waals surface area contributed by atoms with Crippen LogP contribution in [-0.2, 0) is 20.7 Å². The zero-order valence-corrected chi connectivity index (χ0v) is 16.9. The molecule has 0 aliphatic carbocycles. The summed E-state index contributed by atoms with van der Waals surface area (Å²) >= 11 is 6.05. The van der Waals surface area contributed by atoms with Crippen LogP contribution in [0.5, 0.6) is 0 Å². The Morgan fingerprint density at radius 1 is 1.21 bits per heavy atom. The maximum absolute atomic E-state index is 12.1. The van der Waals surface area contributed by atoms with Crippen molar-refractivity contribution in [2.75, 3.05) is 6.61 Å². The first-order valence-electron chi connectivity index (χ1n) is 9.21. The Labute approximate surface area is 175 Å². The first-order chi connectivity index (χ1) is 13.9. The van der Waals surface area contributed by atoms with E-state index in [1.807, 2.05) is 48.5 Å². The van der Waals surface area contributed by atoms with Crippen molar-refractivity contribution < 1.29 is 14.3 Å². The highest BCUT2D eigenvalue weighted by atomic mass is 35.5. The standard InChI is InChI=1S/C22H24ClN3O3/c1-2-29-21(27)14-19(26-22(28)20(25)10-11-24)12-15-6-8-16(9-7-15)17-4-3-5-18(23)13-17/h3-11,13,19,25H,2,12,14,24H2,1H3,(H,26,28)/b11-10-,25-20?/t19-/m1/s1. The molecule has 0 spiro atoms. The lowest BCUT2D eigenvalue weighted by Crippen LogP contribution is -2.41. The zero-order valence-electron chi connectivity index (χ0n) is 16.2. The van der Waals surface area contributed by atoms with Gasteiger partial charge >= 0.3 is 5.97 Å². The van der Waals surface area contributed by atoms with Gasteiger partial charge in [-0.1, -0.05) is 48.0 Å². The van der Waals surface area contributed by atoms with Gasteiger partial charge in [0.25, 0.3) is 5.91 Å². The maximum Gasteiger partial charge on any atom is 0.307 e. The van der Waals surface area contributed by atoms with E-state index < -0.39 is 17.9 Å². The van der Waals surface area contributed by atoms with Crippen LogP contribution in [0.1, 0.15) is 18.9 Å². The number of benzene rings is 2. The summed E-state index contributed by atoms with van der Waals surface area (Å²) in [5, 5.41) is 11.0. The Balaban J connectivity index is 2.13. The highest BCUT2D eigenvalue weighted by Gasteiger charge is 2.19. The van der Waals surface area contributed by atoms with Gasteiger partial charge in [-0.3, -0.25) is 15.0 Å². The smallest absolute Gasteiger partial charge is 0.307 e. The maximum atomic E-state index is 12.1. The summed E-state index contributed by atoms with van der Waals surface area (Å²) in [6.07, 6.45) is 2.74. The van der Waals surface area contributed by atoms with E-state index in [4.69, 9.17) is 27.5 Å². The second-order valence-electron chi connectivity index (χ2n) is 6.36. The fourth-order valence-corrected chi connectivity index (χ4v) is 3.01. The van der Waals surface area contributed by atoms with Crippen molar-refractivity contribution in [1.82, 2.24) is 5.32 Å². The van der Waals surface area contributed by atoms with Crippen LogP contribution in [0.3, 0.4) is 0 Å². The normalized spacial score (nSPS) is 11.8. The summed E-state index contributed by atoms with van der Waals surface area (Å²) < 4.78 is 5.00. The highest BCUT2D eigenvalue weighted by Crippen LogP contribution is 2.23. The van der Waals surface area contributed by atoms with Gasteiger partial charge < -0.3 is 15.8 Å². The SMILES string of the molecule is CCOC(=O)C[C@@H](Cc1ccc(-c2cccc(Cl)c2)cc1)NC(=O)C(=N)/C=C\N. The lowest BCUT2D eigenvalue weighted by molar-refractivity contribution is -0.143. The Bertz CT molecular complexity index is 894. The van der Waals surface area contributed by atoms with Crippen LogP contribution in [0.15, 0.2) is 60.8 Å². The molecule has 0 heterocycles. The van der Waals surface area contributed by atoms with Crippen LogP contribution in [0, 0.1) is 5.41 Å². The molecular formula is C22H24ClN3O3. The minimum absolute atomic E-state index is 0.00917. The molecule has 0 aliphatic rings. The molecule has 1 atom stereocenters. The number of nitrogens with two attached hydrogens (primary N) is 1. The van der Waals surface area contributed by atoms with E-state index >= 15 is 0 Å². The number of ether oxygens (including phenoxy) is 1. The molecule has 1 amide bonds. The van der Waals surface area contributed by atoms with Crippen molar-refractivity contribution in [1.29, 1.82) is 5.41 Å². The molecule has 0 fully saturated rings. The van der Waals surface area contributed by atoms with Gasteiger partial charge in [0.15, 0.2) is 0 Å². The van der Waals surface area contributed by atoms with E-state index in [0.29, 0.717) is 11.4 Å². The van der Waals surface area contributed by atoms with Crippen LogP contribution in [0.4, 0.5) is 0 Å². The van der Waals surface area contributed by atoms with Crippen molar-refractivity contribution >= 4 is 29.2 Å². The first-order valence-corrected chi connectivity index (χ1v) is 9.59. The van der Waals surface area contributed by atoms with Crippen LogP contribution < -0.4 is 11.1 Å². The average molecular weight is 414 g/mol. The van der Waals surface area contributed by atoms with Gasteiger partial charge in [-0.15, -0.1) is 0 Å². The van der Waals surface area contributed by atoms with E-state index in [1.165, 1.54) is 6.08 Å². The molecule has 0 aromatic heterocycles. The number of hydrogen-bond acceptors (Lipinski definition) is 5. The third-order valence-corrected chi connectivity index (χ3v) is 4.39. The summed E-state index contributed by atoms with van der Waals surface area (Å²) in [5.41, 5.74) is 7.90. The number of esters is 1. The topological polar surface area (TPSA) is 105 Å². The molecule has 6 nitrogen and oxygen atoms in total. The molecule has 2 aromatic rings. The van der Waals surface area contributed by atoms with Gasteiger partial charge in [0.05, 0.1) is 13.0 Å². The Morgan fingerprint density at radius 2 is 1.93 bits per heavy atom. The third kappa shape index (κ3) is 7.08. The van der Waals surface area contributed by atoms with E-state index in [9.17, 15) is 9.59 Å². The molecule has 2 rings (SSSR count). The van der Waals surface area contributed by atoms with Crippen molar-refractivity contribution in [2.45, 2.75) is 25.8 Å². The molecule has 152 valence electrons.